The molecule has 3 N–H and O–H groups in total. The number of amides is 2. The van der Waals surface area contributed by atoms with Gasteiger partial charge < -0.3 is 25.0 Å². The fraction of sp³-hybridized carbons (Fsp3) is 0.474. The topological polar surface area (TPSA) is 114 Å². The maximum absolute atomic E-state index is 11.9. The number of rotatable bonds is 10. The second-order valence-electron chi connectivity index (χ2n) is 5.91. The largest absolute Gasteiger partial charge is 0.386 e. The Bertz CT molecular complexity index is 636. The highest BCUT2D eigenvalue weighted by Crippen LogP contribution is 2.28. The van der Waals surface area contributed by atoms with Gasteiger partial charge >= 0.3 is 0 Å². The first-order chi connectivity index (χ1) is 13.2. The lowest BCUT2D eigenvalue weighted by Gasteiger charge is -2.25. The van der Waals surface area contributed by atoms with E-state index in [1.807, 2.05) is 32.0 Å². The van der Waals surface area contributed by atoms with E-state index in [9.17, 15) is 14.4 Å². The predicted molar refractivity (Wildman–Crippen MR) is 103 cm³/mol. The van der Waals surface area contributed by atoms with Gasteiger partial charge in [0.25, 0.3) is 0 Å². The fourth-order valence-corrected chi connectivity index (χ4v) is 2.84. The van der Waals surface area contributed by atoms with Crippen molar-refractivity contribution in [3.8, 4) is 0 Å². The molecule has 27 heavy (non-hydrogen) atoms. The minimum absolute atomic E-state index is 0.222. The van der Waals surface area contributed by atoms with Crippen LogP contribution in [0.4, 0.5) is 11.4 Å². The summed E-state index contributed by atoms with van der Waals surface area (Å²) in [5.41, 5.74) is 2.91. The number of ether oxygens (including phenoxy) is 1. The minimum Gasteiger partial charge on any atom is -0.386 e. The van der Waals surface area contributed by atoms with Crippen molar-refractivity contribution in [1.82, 2.24) is 5.32 Å². The lowest BCUT2D eigenvalue weighted by atomic mass is 10.0. The summed E-state index contributed by atoms with van der Waals surface area (Å²) in [6.45, 7) is 3.06. The van der Waals surface area contributed by atoms with E-state index in [0.29, 0.717) is 32.5 Å². The molecule has 0 spiro atoms. The van der Waals surface area contributed by atoms with Gasteiger partial charge in [0, 0.05) is 26.5 Å². The molecule has 2 rings (SSSR count). The van der Waals surface area contributed by atoms with Crippen LogP contribution >= 0.6 is 0 Å². The number of carbonyl (C=O) groups is 4. The smallest absolute Gasteiger partial charge is 0.249 e. The summed E-state index contributed by atoms with van der Waals surface area (Å²) in [7, 11) is 1.84. The Kier molecular flexibility index (Phi) is 10.4. The minimum atomic E-state index is -0.410. The molecule has 0 aliphatic carbocycles. The monoisotopic (exact) mass is 377 g/mol. The summed E-state index contributed by atoms with van der Waals surface area (Å²) >= 11 is 0. The second kappa shape index (κ2) is 12.6. The SMILES string of the molecule is C=O.CNc1c(CCCOCCC=O)cccc1NC1CCC(=O)NC1=O. The summed E-state index contributed by atoms with van der Waals surface area (Å²) in [6.07, 6.45) is 3.77. The highest BCUT2D eigenvalue weighted by Gasteiger charge is 2.27. The molecular weight excluding hydrogens is 350 g/mol. The van der Waals surface area contributed by atoms with Gasteiger partial charge in [0.1, 0.15) is 19.1 Å². The summed E-state index contributed by atoms with van der Waals surface area (Å²) in [6, 6.07) is 5.48. The van der Waals surface area contributed by atoms with Crippen molar-refractivity contribution in [2.24, 2.45) is 0 Å². The average molecular weight is 377 g/mol. The molecule has 1 aromatic carbocycles. The molecule has 1 saturated heterocycles. The van der Waals surface area contributed by atoms with E-state index in [1.54, 1.807) is 0 Å². The van der Waals surface area contributed by atoms with E-state index in [1.165, 1.54) is 0 Å². The number of para-hydroxylation sites is 1. The van der Waals surface area contributed by atoms with Crippen LogP contribution in [-0.2, 0) is 30.3 Å². The van der Waals surface area contributed by atoms with Gasteiger partial charge in [0.2, 0.25) is 11.8 Å². The van der Waals surface area contributed by atoms with Crippen molar-refractivity contribution in [1.29, 1.82) is 0 Å². The molecule has 0 radical (unpaired) electrons. The number of imide groups is 1. The van der Waals surface area contributed by atoms with Crippen molar-refractivity contribution in [2.45, 2.75) is 38.1 Å². The van der Waals surface area contributed by atoms with Crippen LogP contribution in [0.15, 0.2) is 18.2 Å². The van der Waals surface area contributed by atoms with Crippen molar-refractivity contribution in [3.05, 3.63) is 23.8 Å². The van der Waals surface area contributed by atoms with E-state index >= 15 is 0 Å². The second-order valence-corrected chi connectivity index (χ2v) is 5.91. The Labute approximate surface area is 159 Å². The maximum Gasteiger partial charge on any atom is 0.249 e. The van der Waals surface area contributed by atoms with Crippen LogP contribution in [0.5, 0.6) is 0 Å². The molecule has 8 nitrogen and oxygen atoms in total. The highest BCUT2D eigenvalue weighted by molar-refractivity contribution is 6.01. The van der Waals surface area contributed by atoms with Crippen LogP contribution in [0.3, 0.4) is 0 Å². The van der Waals surface area contributed by atoms with Crippen molar-refractivity contribution < 1.29 is 23.9 Å². The Balaban J connectivity index is 0.00000176. The molecular formula is C19H27N3O5. The van der Waals surface area contributed by atoms with Crippen LogP contribution in [0.2, 0.25) is 0 Å². The predicted octanol–water partition coefficient (Wildman–Crippen LogP) is 1.30. The van der Waals surface area contributed by atoms with Crippen LogP contribution < -0.4 is 16.0 Å². The maximum atomic E-state index is 11.9. The number of piperidine rings is 1. The Morgan fingerprint density at radius 1 is 1.30 bits per heavy atom. The lowest BCUT2D eigenvalue weighted by Crippen LogP contribution is -2.47. The van der Waals surface area contributed by atoms with Gasteiger partial charge in [0.15, 0.2) is 0 Å². The quantitative estimate of drug-likeness (QED) is 0.320. The molecule has 1 fully saturated rings. The summed E-state index contributed by atoms with van der Waals surface area (Å²) < 4.78 is 5.39. The zero-order valence-corrected chi connectivity index (χ0v) is 15.6. The van der Waals surface area contributed by atoms with Gasteiger partial charge in [-0.3, -0.25) is 14.9 Å². The molecule has 0 saturated carbocycles. The lowest BCUT2D eigenvalue weighted by molar-refractivity contribution is -0.133. The number of aryl methyl sites for hydroxylation is 1. The Hall–Kier alpha value is -2.74. The van der Waals surface area contributed by atoms with E-state index in [4.69, 9.17) is 9.53 Å². The first-order valence-corrected chi connectivity index (χ1v) is 8.85. The number of nitrogens with one attached hydrogen (secondary N) is 3. The van der Waals surface area contributed by atoms with E-state index in [0.717, 1.165) is 36.1 Å². The zero-order chi connectivity index (χ0) is 20.1. The highest BCUT2D eigenvalue weighted by atomic mass is 16.5. The molecule has 1 atom stereocenters. The number of anilines is 2. The van der Waals surface area contributed by atoms with Crippen molar-refractivity contribution in [3.63, 3.8) is 0 Å². The van der Waals surface area contributed by atoms with Crippen LogP contribution in [0.1, 0.15) is 31.2 Å². The molecule has 1 aliphatic rings. The molecule has 0 aromatic heterocycles. The molecule has 2 amide bonds. The summed E-state index contributed by atoms with van der Waals surface area (Å²) in [5, 5.41) is 8.78. The molecule has 1 aromatic rings. The zero-order valence-electron chi connectivity index (χ0n) is 15.6. The number of carbonyl (C=O) groups excluding carboxylic acids is 4. The first-order valence-electron chi connectivity index (χ1n) is 8.85. The molecule has 1 unspecified atom stereocenters. The number of hydrogen-bond donors (Lipinski definition) is 3. The summed E-state index contributed by atoms with van der Waals surface area (Å²) in [4.78, 5) is 41.4. The normalized spacial score (nSPS) is 16.0. The van der Waals surface area contributed by atoms with Gasteiger partial charge in [-0.25, -0.2) is 0 Å². The molecule has 1 heterocycles. The fourth-order valence-electron chi connectivity index (χ4n) is 2.84. The average Bonchev–Trinajstić information content (AvgIpc) is 2.68. The summed E-state index contributed by atoms with van der Waals surface area (Å²) in [5.74, 6) is -0.507. The van der Waals surface area contributed by atoms with Gasteiger partial charge in [-0.2, -0.15) is 0 Å². The third-order valence-corrected chi connectivity index (χ3v) is 4.08. The van der Waals surface area contributed by atoms with Crippen molar-refractivity contribution in [2.75, 3.05) is 30.9 Å². The van der Waals surface area contributed by atoms with E-state index < -0.39 is 6.04 Å². The van der Waals surface area contributed by atoms with Crippen LogP contribution in [0, 0.1) is 0 Å². The van der Waals surface area contributed by atoms with Gasteiger partial charge in [0.05, 0.1) is 18.0 Å². The van der Waals surface area contributed by atoms with E-state index in [-0.39, 0.29) is 11.8 Å². The third kappa shape index (κ3) is 7.18. The van der Waals surface area contributed by atoms with E-state index in [2.05, 4.69) is 16.0 Å². The third-order valence-electron chi connectivity index (χ3n) is 4.08. The first kappa shape index (κ1) is 22.3. The number of hydrogen-bond acceptors (Lipinski definition) is 7. The Morgan fingerprint density at radius 3 is 2.74 bits per heavy atom. The standard InChI is InChI=1S/C18H25N3O4.CH2O/c1-19-17-13(6-3-11-25-12-4-10-22)5-2-7-14(17)20-15-8-9-16(23)21-18(15)24;1-2/h2,5,7,10,15,19-20H,3-4,6,8-9,11-12H2,1H3,(H,21,23,24);1H2. The van der Waals surface area contributed by atoms with Crippen LogP contribution in [-0.4, -0.2) is 51.2 Å². The molecule has 8 heteroatoms. The van der Waals surface area contributed by atoms with Crippen LogP contribution in [0.25, 0.3) is 0 Å². The Morgan fingerprint density at radius 2 is 2.07 bits per heavy atom. The molecule has 0 bridgehead atoms. The number of aldehydes is 1. The van der Waals surface area contributed by atoms with Gasteiger partial charge in [-0.05, 0) is 30.9 Å². The van der Waals surface area contributed by atoms with Gasteiger partial charge in [-0.1, -0.05) is 12.1 Å². The molecule has 148 valence electrons. The van der Waals surface area contributed by atoms with Crippen molar-refractivity contribution >= 4 is 36.3 Å². The number of benzene rings is 1. The van der Waals surface area contributed by atoms with Gasteiger partial charge in [-0.15, -0.1) is 0 Å². The molecule has 1 aliphatic heterocycles.